The van der Waals surface area contributed by atoms with Crippen molar-refractivity contribution in [2.75, 3.05) is 23.8 Å². The fourth-order valence-electron chi connectivity index (χ4n) is 4.01. The first-order valence-electron chi connectivity index (χ1n) is 12.0. The summed E-state index contributed by atoms with van der Waals surface area (Å²) >= 11 is 1.44. The van der Waals surface area contributed by atoms with Crippen molar-refractivity contribution in [1.29, 1.82) is 0 Å². The Balaban J connectivity index is 1.31. The van der Waals surface area contributed by atoms with E-state index in [-0.39, 0.29) is 11.8 Å². The number of amides is 2. The van der Waals surface area contributed by atoms with Crippen molar-refractivity contribution in [1.82, 2.24) is 0 Å². The molecule has 7 heteroatoms. The molecule has 2 amide bonds. The van der Waals surface area contributed by atoms with Crippen LogP contribution in [0.15, 0.2) is 102 Å². The van der Waals surface area contributed by atoms with Gasteiger partial charge in [-0.15, -0.1) is 11.8 Å². The maximum absolute atomic E-state index is 13.4. The zero-order chi connectivity index (χ0) is 25.6. The van der Waals surface area contributed by atoms with Crippen molar-refractivity contribution in [2.24, 2.45) is 0 Å². The molecule has 2 N–H and O–H groups in total. The lowest BCUT2D eigenvalue weighted by Gasteiger charge is -2.20. The molecule has 0 bridgehead atoms. The molecule has 1 aliphatic rings. The highest BCUT2D eigenvalue weighted by Gasteiger charge is 2.23. The third kappa shape index (κ3) is 5.95. The minimum atomic E-state index is -0.484. The van der Waals surface area contributed by atoms with Crippen LogP contribution < -0.4 is 20.1 Å². The van der Waals surface area contributed by atoms with Gasteiger partial charge in [0, 0.05) is 27.9 Å². The van der Waals surface area contributed by atoms with E-state index in [2.05, 4.69) is 10.6 Å². The summed E-state index contributed by atoms with van der Waals surface area (Å²) in [6.07, 6.45) is 0. The molecule has 0 spiro atoms. The van der Waals surface area contributed by atoms with Crippen LogP contribution in [-0.4, -0.2) is 25.0 Å². The Kier molecular flexibility index (Phi) is 7.42. The second kappa shape index (κ2) is 11.2. The van der Waals surface area contributed by atoms with E-state index in [1.54, 1.807) is 18.2 Å². The Morgan fingerprint density at radius 1 is 0.757 bits per heavy atom. The molecule has 4 aromatic rings. The Bertz CT molecular complexity index is 1410. The molecule has 0 aliphatic carbocycles. The van der Waals surface area contributed by atoms with Crippen LogP contribution in [0.5, 0.6) is 11.5 Å². The van der Waals surface area contributed by atoms with E-state index in [0.717, 1.165) is 16.0 Å². The Hall–Kier alpha value is -4.23. The third-order valence-electron chi connectivity index (χ3n) is 5.91. The molecule has 6 nitrogen and oxygen atoms in total. The zero-order valence-corrected chi connectivity index (χ0v) is 21.1. The van der Waals surface area contributed by atoms with Gasteiger partial charge in [-0.1, -0.05) is 48.5 Å². The molecule has 4 aromatic carbocycles. The van der Waals surface area contributed by atoms with Gasteiger partial charge in [0.2, 0.25) is 5.91 Å². The molecule has 186 valence electrons. The SMILES string of the molecule is Cc1ccccc1C(=O)Nc1ccc(SC(C(=O)Nc2ccc3c(c2)OCCO3)c2ccccc2)cc1. The van der Waals surface area contributed by atoms with Crippen molar-refractivity contribution in [3.63, 3.8) is 0 Å². The van der Waals surface area contributed by atoms with E-state index in [1.165, 1.54) is 11.8 Å². The predicted octanol–water partition coefficient (Wildman–Crippen LogP) is 6.49. The van der Waals surface area contributed by atoms with E-state index >= 15 is 0 Å². The zero-order valence-electron chi connectivity index (χ0n) is 20.3. The van der Waals surface area contributed by atoms with Crippen LogP contribution in [0.1, 0.15) is 26.7 Å². The van der Waals surface area contributed by atoms with Gasteiger partial charge >= 0.3 is 0 Å². The van der Waals surface area contributed by atoms with E-state index < -0.39 is 5.25 Å². The molecule has 0 saturated carbocycles. The largest absolute Gasteiger partial charge is 0.486 e. The fourth-order valence-corrected chi connectivity index (χ4v) is 5.03. The average molecular weight is 511 g/mol. The number of anilines is 2. The van der Waals surface area contributed by atoms with Gasteiger partial charge in [0.25, 0.3) is 5.91 Å². The van der Waals surface area contributed by atoms with Crippen LogP contribution in [0, 0.1) is 6.92 Å². The molecule has 1 atom stereocenters. The second-order valence-corrected chi connectivity index (χ2v) is 9.73. The number of thioether (sulfide) groups is 1. The summed E-state index contributed by atoms with van der Waals surface area (Å²) in [7, 11) is 0. The first-order valence-corrected chi connectivity index (χ1v) is 12.8. The van der Waals surface area contributed by atoms with Crippen LogP contribution in [0.3, 0.4) is 0 Å². The van der Waals surface area contributed by atoms with E-state index in [1.807, 2.05) is 85.8 Å². The molecule has 5 rings (SSSR count). The number of hydrogen-bond acceptors (Lipinski definition) is 5. The first kappa shape index (κ1) is 24.5. The van der Waals surface area contributed by atoms with Gasteiger partial charge in [-0.25, -0.2) is 0 Å². The monoisotopic (exact) mass is 510 g/mol. The molecule has 1 unspecified atom stereocenters. The predicted molar refractivity (Wildman–Crippen MR) is 147 cm³/mol. The number of benzene rings is 4. The van der Waals surface area contributed by atoms with Crippen LogP contribution in [0.25, 0.3) is 0 Å². The van der Waals surface area contributed by atoms with Crippen LogP contribution in [-0.2, 0) is 4.79 Å². The number of aryl methyl sites for hydroxylation is 1. The van der Waals surface area contributed by atoms with Crippen LogP contribution in [0.4, 0.5) is 11.4 Å². The smallest absolute Gasteiger partial charge is 0.255 e. The summed E-state index contributed by atoms with van der Waals surface area (Å²) in [6.45, 7) is 2.91. The minimum Gasteiger partial charge on any atom is -0.486 e. The summed E-state index contributed by atoms with van der Waals surface area (Å²) in [5.41, 5.74) is 3.78. The van der Waals surface area contributed by atoms with Crippen molar-refractivity contribution in [3.05, 3.63) is 114 Å². The van der Waals surface area contributed by atoms with Crippen molar-refractivity contribution in [2.45, 2.75) is 17.1 Å². The molecule has 0 fully saturated rings. The highest BCUT2D eigenvalue weighted by molar-refractivity contribution is 8.00. The van der Waals surface area contributed by atoms with Gasteiger partial charge in [-0.2, -0.15) is 0 Å². The number of rotatable bonds is 7. The normalized spacial score (nSPS) is 12.9. The lowest BCUT2D eigenvalue weighted by molar-refractivity contribution is -0.115. The fraction of sp³-hybridized carbons (Fsp3) is 0.133. The quantitative estimate of drug-likeness (QED) is 0.278. The molecule has 0 radical (unpaired) electrons. The van der Waals surface area contributed by atoms with Crippen molar-refractivity contribution >= 4 is 35.0 Å². The number of nitrogens with one attached hydrogen (secondary N) is 2. The molecule has 37 heavy (non-hydrogen) atoms. The third-order valence-corrected chi connectivity index (χ3v) is 7.17. The Morgan fingerprint density at radius 2 is 1.43 bits per heavy atom. The minimum absolute atomic E-state index is 0.148. The van der Waals surface area contributed by atoms with Gasteiger partial charge in [0.1, 0.15) is 18.5 Å². The molecular weight excluding hydrogens is 484 g/mol. The number of ether oxygens (including phenoxy) is 2. The van der Waals surface area contributed by atoms with Crippen LogP contribution in [0.2, 0.25) is 0 Å². The van der Waals surface area contributed by atoms with Gasteiger partial charge in [0.05, 0.1) is 0 Å². The average Bonchev–Trinajstić information content (AvgIpc) is 2.93. The summed E-state index contributed by atoms with van der Waals surface area (Å²) < 4.78 is 11.2. The van der Waals surface area contributed by atoms with Crippen LogP contribution >= 0.6 is 11.8 Å². The van der Waals surface area contributed by atoms with Crippen molar-refractivity contribution in [3.8, 4) is 11.5 Å². The van der Waals surface area contributed by atoms with E-state index in [9.17, 15) is 9.59 Å². The summed E-state index contributed by atoms with van der Waals surface area (Å²) in [5, 5.41) is 5.48. The van der Waals surface area contributed by atoms with E-state index in [4.69, 9.17) is 9.47 Å². The van der Waals surface area contributed by atoms with Crippen molar-refractivity contribution < 1.29 is 19.1 Å². The topological polar surface area (TPSA) is 76.7 Å². The highest BCUT2D eigenvalue weighted by atomic mass is 32.2. The lowest BCUT2D eigenvalue weighted by atomic mass is 10.1. The maximum atomic E-state index is 13.4. The number of hydrogen-bond donors (Lipinski definition) is 2. The first-order chi connectivity index (χ1) is 18.1. The molecule has 1 aliphatic heterocycles. The second-order valence-electron chi connectivity index (χ2n) is 8.55. The number of fused-ring (bicyclic) bond motifs is 1. The highest BCUT2D eigenvalue weighted by Crippen LogP contribution is 2.38. The van der Waals surface area contributed by atoms with Gasteiger partial charge in [-0.05, 0) is 60.5 Å². The van der Waals surface area contributed by atoms with E-state index in [0.29, 0.717) is 41.7 Å². The van der Waals surface area contributed by atoms with Gasteiger partial charge < -0.3 is 20.1 Å². The Morgan fingerprint density at radius 3 is 2.19 bits per heavy atom. The lowest BCUT2D eigenvalue weighted by Crippen LogP contribution is -2.20. The summed E-state index contributed by atoms with van der Waals surface area (Å²) in [6, 6.07) is 30.0. The van der Waals surface area contributed by atoms with Gasteiger partial charge in [0.15, 0.2) is 11.5 Å². The number of carbonyl (C=O) groups excluding carboxylic acids is 2. The summed E-state index contributed by atoms with van der Waals surface area (Å²) in [5.74, 6) is 0.994. The maximum Gasteiger partial charge on any atom is 0.255 e. The number of carbonyl (C=O) groups is 2. The molecule has 1 heterocycles. The molecular formula is C30H26N2O4S. The standard InChI is InChI=1S/C30H26N2O4S/c1-20-7-5-6-10-25(20)29(33)31-22-11-14-24(15-12-22)37-28(21-8-3-2-4-9-21)30(34)32-23-13-16-26-27(19-23)36-18-17-35-26/h2-16,19,28H,17-18H2,1H3,(H,31,33)(H,32,34). The van der Waals surface area contributed by atoms with Gasteiger partial charge in [-0.3, -0.25) is 9.59 Å². The molecule has 0 aromatic heterocycles. The Labute approximate surface area is 220 Å². The summed E-state index contributed by atoms with van der Waals surface area (Å²) in [4.78, 5) is 27.0. The molecule has 0 saturated heterocycles.